The van der Waals surface area contributed by atoms with Crippen LogP contribution in [0.1, 0.15) is 65.5 Å². The van der Waals surface area contributed by atoms with Crippen molar-refractivity contribution in [1.29, 1.82) is 0 Å². The van der Waals surface area contributed by atoms with E-state index >= 15 is 0 Å². The first-order chi connectivity index (χ1) is 8.75. The molecule has 0 saturated carbocycles. The second kappa shape index (κ2) is 6.56. The number of likely N-dealkylation sites (N-methyl/N-ethyl adjacent to an activating group) is 1. The molecule has 0 aromatic heterocycles. The van der Waals surface area contributed by atoms with Gasteiger partial charge in [-0.1, -0.05) is 45.0 Å². The van der Waals surface area contributed by atoms with Crippen LogP contribution in [0.25, 0.3) is 0 Å². The van der Waals surface area contributed by atoms with Crippen molar-refractivity contribution in [1.82, 2.24) is 4.90 Å². The predicted molar refractivity (Wildman–Crippen MR) is 85.8 cm³/mol. The van der Waals surface area contributed by atoms with Gasteiger partial charge in [-0.3, -0.25) is 4.90 Å². The summed E-state index contributed by atoms with van der Waals surface area (Å²) in [7, 11) is 0. The Morgan fingerprint density at radius 1 is 1.00 bits per heavy atom. The van der Waals surface area contributed by atoms with Crippen molar-refractivity contribution in [3.8, 4) is 0 Å². The summed E-state index contributed by atoms with van der Waals surface area (Å²) in [6.45, 7) is 17.1. The molecule has 1 nitrogen and oxygen atoms in total. The fourth-order valence-electron chi connectivity index (χ4n) is 2.94. The smallest absolute Gasteiger partial charge is 0.0127 e. The summed E-state index contributed by atoms with van der Waals surface area (Å²) < 4.78 is 0. The first-order valence-corrected chi connectivity index (χ1v) is 7.61. The number of rotatable bonds is 5. The van der Waals surface area contributed by atoms with Crippen LogP contribution in [-0.2, 0) is 6.42 Å². The molecule has 0 bridgehead atoms. The summed E-state index contributed by atoms with van der Waals surface area (Å²) in [6, 6.07) is 9.72. The van der Waals surface area contributed by atoms with E-state index in [4.69, 9.17) is 0 Å². The highest BCUT2D eigenvalue weighted by molar-refractivity contribution is 5.25. The summed E-state index contributed by atoms with van der Waals surface area (Å²) >= 11 is 0. The topological polar surface area (TPSA) is 3.24 Å². The van der Waals surface area contributed by atoms with Crippen LogP contribution in [0.2, 0.25) is 0 Å². The Labute approximate surface area is 120 Å². The zero-order valence-electron chi connectivity index (χ0n) is 13.8. The van der Waals surface area contributed by atoms with Crippen LogP contribution in [0.15, 0.2) is 24.3 Å². The molecule has 1 rings (SSSR count). The maximum atomic E-state index is 2.57. The fourth-order valence-corrected chi connectivity index (χ4v) is 2.94. The highest BCUT2D eigenvalue weighted by Gasteiger charge is 2.24. The molecule has 0 radical (unpaired) electrons. The minimum Gasteiger partial charge on any atom is -0.296 e. The first-order valence-electron chi connectivity index (χ1n) is 7.61. The van der Waals surface area contributed by atoms with Gasteiger partial charge in [-0.2, -0.15) is 0 Å². The molecule has 0 fully saturated rings. The molecule has 0 aliphatic carbocycles. The summed E-state index contributed by atoms with van der Waals surface area (Å²) in [6.07, 6.45) is 1.13. The van der Waals surface area contributed by atoms with Crippen LogP contribution in [0.5, 0.6) is 0 Å². The Bertz CT molecular complexity index is 370. The molecule has 0 aliphatic rings. The van der Waals surface area contributed by atoms with E-state index in [9.17, 15) is 0 Å². The fraction of sp³-hybridized carbons (Fsp3) is 0.667. The van der Waals surface area contributed by atoms with Crippen LogP contribution in [0, 0.1) is 0 Å². The number of benzene rings is 1. The van der Waals surface area contributed by atoms with Crippen molar-refractivity contribution in [3.63, 3.8) is 0 Å². The molecular weight excluding hydrogens is 230 g/mol. The van der Waals surface area contributed by atoms with Crippen LogP contribution in [-0.4, -0.2) is 23.0 Å². The van der Waals surface area contributed by atoms with Gasteiger partial charge in [0.05, 0.1) is 0 Å². The normalized spacial score (nSPS) is 14.2. The van der Waals surface area contributed by atoms with Crippen LogP contribution in [0.4, 0.5) is 0 Å². The van der Waals surface area contributed by atoms with Crippen molar-refractivity contribution in [3.05, 3.63) is 35.4 Å². The second-order valence-electron chi connectivity index (χ2n) is 6.91. The van der Waals surface area contributed by atoms with E-state index in [-0.39, 0.29) is 5.54 Å². The highest BCUT2D eigenvalue weighted by Crippen LogP contribution is 2.20. The average Bonchev–Trinajstić information content (AvgIpc) is 2.28. The Morgan fingerprint density at radius 2 is 1.53 bits per heavy atom. The maximum absolute atomic E-state index is 2.57. The third kappa shape index (κ3) is 4.65. The molecular formula is C18H31N. The van der Waals surface area contributed by atoms with E-state index in [1.807, 2.05) is 0 Å². The van der Waals surface area contributed by atoms with Gasteiger partial charge in [0.25, 0.3) is 0 Å². The summed E-state index contributed by atoms with van der Waals surface area (Å²) in [5.74, 6) is 0.619. The lowest BCUT2D eigenvalue weighted by molar-refractivity contribution is 0.0974. The van der Waals surface area contributed by atoms with E-state index in [2.05, 4.69) is 77.6 Å². The number of nitrogens with zero attached hydrogens (tertiary/aromatic N) is 1. The second-order valence-corrected chi connectivity index (χ2v) is 6.91. The maximum Gasteiger partial charge on any atom is 0.0127 e. The Balaban J connectivity index is 2.73. The molecule has 0 N–H and O–H groups in total. The van der Waals surface area contributed by atoms with Gasteiger partial charge < -0.3 is 0 Å². The molecule has 1 unspecified atom stereocenters. The molecule has 108 valence electrons. The van der Waals surface area contributed by atoms with Crippen molar-refractivity contribution < 1.29 is 0 Å². The minimum absolute atomic E-state index is 0.242. The van der Waals surface area contributed by atoms with Gasteiger partial charge in [0, 0.05) is 11.6 Å². The highest BCUT2D eigenvalue weighted by atomic mass is 15.2. The molecule has 1 atom stereocenters. The van der Waals surface area contributed by atoms with E-state index in [1.54, 1.807) is 0 Å². The van der Waals surface area contributed by atoms with Gasteiger partial charge in [0.2, 0.25) is 0 Å². The van der Waals surface area contributed by atoms with Gasteiger partial charge in [-0.15, -0.1) is 0 Å². The van der Waals surface area contributed by atoms with E-state index in [0.717, 1.165) is 13.0 Å². The zero-order valence-corrected chi connectivity index (χ0v) is 13.8. The van der Waals surface area contributed by atoms with Gasteiger partial charge in [0.15, 0.2) is 0 Å². The van der Waals surface area contributed by atoms with Crippen LogP contribution >= 0.6 is 0 Å². The number of hydrogen-bond acceptors (Lipinski definition) is 1. The number of hydrogen-bond donors (Lipinski definition) is 0. The van der Waals surface area contributed by atoms with Crippen molar-refractivity contribution in [2.45, 2.75) is 72.4 Å². The van der Waals surface area contributed by atoms with Crippen molar-refractivity contribution in [2.24, 2.45) is 0 Å². The molecule has 0 spiro atoms. The van der Waals surface area contributed by atoms with Gasteiger partial charge in [-0.25, -0.2) is 0 Å². The molecule has 0 heterocycles. The van der Waals surface area contributed by atoms with Crippen LogP contribution < -0.4 is 0 Å². The van der Waals surface area contributed by atoms with Crippen LogP contribution in [0.3, 0.4) is 0 Å². The zero-order chi connectivity index (χ0) is 14.6. The van der Waals surface area contributed by atoms with Gasteiger partial charge in [-0.05, 0) is 57.7 Å². The molecule has 19 heavy (non-hydrogen) atoms. The lowest BCUT2D eigenvalue weighted by Gasteiger charge is -2.39. The summed E-state index contributed by atoms with van der Waals surface area (Å²) in [5, 5.41) is 0. The van der Waals surface area contributed by atoms with E-state index in [0.29, 0.717) is 12.0 Å². The predicted octanol–water partition coefficient (Wildman–Crippen LogP) is 4.86. The molecule has 0 saturated heterocycles. The summed E-state index contributed by atoms with van der Waals surface area (Å²) in [5.41, 5.74) is 3.12. The SMILES string of the molecule is CCN(C(C)Cc1ccc(C(C)C)cc1)C(C)(C)C. The molecule has 0 aliphatic heterocycles. The monoisotopic (exact) mass is 261 g/mol. The van der Waals surface area contributed by atoms with E-state index < -0.39 is 0 Å². The van der Waals surface area contributed by atoms with Crippen molar-refractivity contribution >= 4 is 0 Å². The largest absolute Gasteiger partial charge is 0.296 e. The minimum atomic E-state index is 0.242. The third-order valence-corrected chi connectivity index (χ3v) is 3.91. The average molecular weight is 261 g/mol. The molecule has 1 heteroatoms. The van der Waals surface area contributed by atoms with Crippen molar-refractivity contribution in [2.75, 3.05) is 6.54 Å². The molecule has 0 amide bonds. The lowest BCUT2D eigenvalue weighted by Crippen LogP contribution is -2.47. The Kier molecular flexibility index (Phi) is 5.61. The standard InChI is InChI=1S/C18H31N/c1-8-19(18(5,6)7)15(4)13-16-9-11-17(12-10-16)14(2)3/h9-12,14-15H,8,13H2,1-7H3. The molecule has 1 aromatic carbocycles. The van der Waals surface area contributed by atoms with E-state index in [1.165, 1.54) is 11.1 Å². The Morgan fingerprint density at radius 3 is 1.89 bits per heavy atom. The lowest BCUT2D eigenvalue weighted by atomic mass is 9.97. The quantitative estimate of drug-likeness (QED) is 0.731. The molecule has 1 aromatic rings. The Hall–Kier alpha value is -0.820. The first kappa shape index (κ1) is 16.2. The van der Waals surface area contributed by atoms with Gasteiger partial charge >= 0.3 is 0 Å². The third-order valence-electron chi connectivity index (χ3n) is 3.91. The van der Waals surface area contributed by atoms with Gasteiger partial charge in [0.1, 0.15) is 0 Å². The summed E-state index contributed by atoms with van der Waals surface area (Å²) in [4.78, 5) is 2.57.